The number of hydrogen-bond acceptors (Lipinski definition) is 1. The third kappa shape index (κ3) is 8.85. The van der Waals surface area contributed by atoms with E-state index in [9.17, 15) is 0 Å². The molecule has 3 unspecified atom stereocenters. The molecule has 1 fully saturated rings. The van der Waals surface area contributed by atoms with Crippen molar-refractivity contribution in [1.29, 1.82) is 0 Å². The Morgan fingerprint density at radius 2 is 1.38 bits per heavy atom. The maximum Gasteiger partial charge on any atom is 0.00954 e. The van der Waals surface area contributed by atoms with Gasteiger partial charge in [-0.25, -0.2) is 0 Å². The summed E-state index contributed by atoms with van der Waals surface area (Å²) in [7, 11) is 0. The highest BCUT2D eigenvalue weighted by molar-refractivity contribution is 4.91. The number of rotatable bonds is 13. The highest BCUT2D eigenvalue weighted by Crippen LogP contribution is 2.43. The highest BCUT2D eigenvalue weighted by atomic mass is 16.0. The van der Waals surface area contributed by atoms with Crippen LogP contribution in [0.1, 0.15) is 124 Å². The van der Waals surface area contributed by atoms with Crippen molar-refractivity contribution >= 4 is 0 Å². The number of unbranched alkanes of at least 4 members (excludes halogenated alkanes) is 10. The largest absolute Gasteiger partial charge is 0.412 e. The van der Waals surface area contributed by atoms with Gasteiger partial charge in [0.2, 0.25) is 0 Å². The van der Waals surface area contributed by atoms with E-state index in [1.54, 1.807) is 0 Å². The smallest absolute Gasteiger partial charge is 0.00954 e. The predicted octanol–water partition coefficient (Wildman–Crippen LogP) is 6.41. The minimum Gasteiger partial charge on any atom is -0.412 e. The maximum absolute atomic E-state index is 6.59. The summed E-state index contributed by atoms with van der Waals surface area (Å²) < 4.78 is 0. The summed E-state index contributed by atoms with van der Waals surface area (Å²) >= 11 is 0. The molecule has 0 heterocycles. The molecule has 3 atom stereocenters. The molecule has 0 aromatic carbocycles. The molecule has 0 aromatic rings. The fourth-order valence-electron chi connectivity index (χ4n) is 4.44. The van der Waals surface area contributed by atoms with Crippen molar-refractivity contribution in [2.24, 2.45) is 17.1 Å². The molecule has 0 aliphatic heterocycles. The van der Waals surface area contributed by atoms with Crippen molar-refractivity contribution in [1.82, 2.24) is 0 Å². The predicted molar refractivity (Wildman–Crippen MR) is 108 cm³/mol. The van der Waals surface area contributed by atoms with Crippen molar-refractivity contribution < 1.29 is 5.48 Å². The summed E-state index contributed by atoms with van der Waals surface area (Å²) in [5.41, 5.74) is 7.01. The minimum atomic E-state index is 0. The second-order valence-electron chi connectivity index (χ2n) is 8.58. The summed E-state index contributed by atoms with van der Waals surface area (Å²) in [6.07, 6.45) is 22.5. The molecule has 1 saturated carbocycles. The molecule has 1 aliphatic rings. The van der Waals surface area contributed by atoms with Crippen LogP contribution in [0.2, 0.25) is 0 Å². The van der Waals surface area contributed by atoms with Crippen LogP contribution in [-0.4, -0.2) is 11.5 Å². The van der Waals surface area contributed by atoms with E-state index < -0.39 is 0 Å². The molecule has 24 heavy (non-hydrogen) atoms. The van der Waals surface area contributed by atoms with Gasteiger partial charge in [-0.15, -0.1) is 0 Å². The zero-order valence-corrected chi connectivity index (χ0v) is 17.0. The lowest BCUT2D eigenvalue weighted by Crippen LogP contribution is -2.45. The van der Waals surface area contributed by atoms with Crippen LogP contribution in [-0.2, 0) is 0 Å². The number of nitrogens with two attached hydrogens (primary N) is 1. The Morgan fingerprint density at radius 3 is 1.88 bits per heavy atom. The van der Waals surface area contributed by atoms with Crippen LogP contribution in [0.25, 0.3) is 0 Å². The second-order valence-corrected chi connectivity index (χ2v) is 8.58. The zero-order valence-electron chi connectivity index (χ0n) is 17.0. The van der Waals surface area contributed by atoms with Gasteiger partial charge < -0.3 is 11.2 Å². The first-order valence-corrected chi connectivity index (χ1v) is 10.9. The molecule has 2 heteroatoms. The monoisotopic (exact) mass is 341 g/mol. The lowest BCUT2D eigenvalue weighted by Gasteiger charge is -2.44. The fraction of sp³-hybridized carbons (Fsp3) is 1.00. The van der Waals surface area contributed by atoms with Crippen molar-refractivity contribution in [3.63, 3.8) is 0 Å². The zero-order chi connectivity index (χ0) is 17.0. The molecule has 4 N–H and O–H groups in total. The Bertz CT molecular complexity index is 281. The van der Waals surface area contributed by atoms with Gasteiger partial charge in [-0.2, -0.15) is 0 Å². The highest BCUT2D eigenvalue weighted by Gasteiger charge is 2.38. The van der Waals surface area contributed by atoms with E-state index in [1.807, 2.05) is 0 Å². The Morgan fingerprint density at radius 1 is 0.875 bits per heavy atom. The van der Waals surface area contributed by atoms with E-state index >= 15 is 0 Å². The molecule has 0 spiro atoms. The molecule has 2 nitrogen and oxygen atoms in total. The normalized spacial score (nSPS) is 25.2. The first-order chi connectivity index (χ1) is 11.1. The molecule has 0 aromatic heterocycles. The molecular weight excluding hydrogens is 294 g/mol. The van der Waals surface area contributed by atoms with E-state index in [0.29, 0.717) is 11.5 Å². The average molecular weight is 342 g/mol. The molecule has 0 saturated heterocycles. The molecule has 1 rings (SSSR count). The summed E-state index contributed by atoms with van der Waals surface area (Å²) in [5, 5.41) is 0. The summed E-state index contributed by atoms with van der Waals surface area (Å²) in [5.74, 6) is 0.818. The SMILES string of the molecule is CCCCCCCCCCCCCC(N)C1(C)CCCCC1C.O. The Hall–Kier alpha value is -0.0800. The van der Waals surface area contributed by atoms with Crippen LogP contribution in [0.5, 0.6) is 0 Å². The lowest BCUT2D eigenvalue weighted by atomic mass is 9.63. The molecule has 0 amide bonds. The molecule has 0 bridgehead atoms. The van der Waals surface area contributed by atoms with Crippen LogP contribution < -0.4 is 5.73 Å². The standard InChI is InChI=1S/C22H45N.H2O/c1-4-5-6-7-8-9-10-11-12-13-14-18-21(23)22(3)19-16-15-17-20(22)2;/h20-21H,4-19,23H2,1-3H3;1H2. The topological polar surface area (TPSA) is 57.5 Å². The fourth-order valence-corrected chi connectivity index (χ4v) is 4.44. The van der Waals surface area contributed by atoms with Gasteiger partial charge >= 0.3 is 0 Å². The van der Waals surface area contributed by atoms with Crippen molar-refractivity contribution in [3.8, 4) is 0 Å². The van der Waals surface area contributed by atoms with E-state index in [1.165, 1.54) is 103 Å². The molecule has 0 radical (unpaired) electrons. The molecule has 1 aliphatic carbocycles. The Balaban J connectivity index is 0.00000529. The molecule has 146 valence electrons. The number of hydrogen-bond donors (Lipinski definition) is 1. The van der Waals surface area contributed by atoms with Crippen LogP contribution in [0.3, 0.4) is 0 Å². The van der Waals surface area contributed by atoms with Crippen LogP contribution >= 0.6 is 0 Å². The van der Waals surface area contributed by atoms with Crippen LogP contribution in [0.4, 0.5) is 0 Å². The van der Waals surface area contributed by atoms with Gasteiger partial charge in [0.05, 0.1) is 0 Å². The van der Waals surface area contributed by atoms with E-state index in [-0.39, 0.29) is 5.48 Å². The Kier molecular flexibility index (Phi) is 14.1. The summed E-state index contributed by atoms with van der Waals surface area (Å²) in [4.78, 5) is 0. The van der Waals surface area contributed by atoms with E-state index in [2.05, 4.69) is 20.8 Å². The minimum absolute atomic E-state index is 0. The Labute approximate surface area is 152 Å². The van der Waals surface area contributed by atoms with Crippen molar-refractivity contribution in [3.05, 3.63) is 0 Å². The van der Waals surface area contributed by atoms with Crippen molar-refractivity contribution in [2.45, 2.75) is 130 Å². The van der Waals surface area contributed by atoms with Gasteiger partial charge in [0.1, 0.15) is 0 Å². The van der Waals surface area contributed by atoms with Gasteiger partial charge in [0, 0.05) is 6.04 Å². The van der Waals surface area contributed by atoms with E-state index in [0.717, 1.165) is 5.92 Å². The van der Waals surface area contributed by atoms with Gasteiger partial charge in [-0.1, -0.05) is 111 Å². The van der Waals surface area contributed by atoms with Gasteiger partial charge in [-0.05, 0) is 24.2 Å². The lowest BCUT2D eigenvalue weighted by molar-refractivity contribution is 0.0896. The average Bonchev–Trinajstić information content (AvgIpc) is 2.55. The van der Waals surface area contributed by atoms with Crippen molar-refractivity contribution in [2.75, 3.05) is 0 Å². The maximum atomic E-state index is 6.59. The quantitative estimate of drug-likeness (QED) is 0.387. The van der Waals surface area contributed by atoms with Gasteiger partial charge in [0.15, 0.2) is 0 Å². The van der Waals surface area contributed by atoms with Crippen LogP contribution in [0, 0.1) is 11.3 Å². The molecular formula is C22H47NO. The third-order valence-electron chi connectivity index (χ3n) is 6.69. The third-order valence-corrected chi connectivity index (χ3v) is 6.69. The first-order valence-electron chi connectivity index (χ1n) is 10.9. The van der Waals surface area contributed by atoms with Gasteiger partial charge in [0.25, 0.3) is 0 Å². The first kappa shape index (κ1) is 23.9. The van der Waals surface area contributed by atoms with E-state index in [4.69, 9.17) is 5.73 Å². The summed E-state index contributed by atoms with van der Waals surface area (Å²) in [6, 6.07) is 0.427. The van der Waals surface area contributed by atoms with Crippen LogP contribution in [0.15, 0.2) is 0 Å². The second kappa shape index (κ2) is 14.1. The summed E-state index contributed by atoms with van der Waals surface area (Å²) in [6.45, 7) is 7.18. The van der Waals surface area contributed by atoms with Gasteiger partial charge in [-0.3, -0.25) is 0 Å².